The van der Waals surface area contributed by atoms with E-state index in [9.17, 15) is 9.59 Å². The summed E-state index contributed by atoms with van der Waals surface area (Å²) in [4.78, 5) is 26.8. The maximum atomic E-state index is 12.7. The Morgan fingerprint density at radius 1 is 1.29 bits per heavy atom. The third kappa shape index (κ3) is 3.32. The molecular formula is C17H22N2O2. The molecule has 2 atom stereocenters. The van der Waals surface area contributed by atoms with Crippen molar-refractivity contribution in [3.63, 3.8) is 0 Å². The predicted molar refractivity (Wildman–Crippen MR) is 82.5 cm³/mol. The monoisotopic (exact) mass is 286 g/mol. The van der Waals surface area contributed by atoms with Crippen LogP contribution in [0.2, 0.25) is 0 Å². The third-order valence-electron chi connectivity index (χ3n) is 3.59. The zero-order chi connectivity index (χ0) is 15.4. The van der Waals surface area contributed by atoms with Crippen LogP contribution in [0.15, 0.2) is 42.5 Å². The van der Waals surface area contributed by atoms with E-state index in [1.165, 1.54) is 0 Å². The first-order valence-corrected chi connectivity index (χ1v) is 7.34. The van der Waals surface area contributed by atoms with Gasteiger partial charge in [-0.2, -0.15) is 0 Å². The molecule has 2 amide bonds. The molecule has 1 aromatic rings. The van der Waals surface area contributed by atoms with Gasteiger partial charge in [0, 0.05) is 6.54 Å². The standard InChI is InChI=1S/C17H22N2O2/c1-4-8-14-17(21)19(11-12(2)3)15(16(20)18-14)13-9-6-5-7-10-13/h5-7,9-10,14-15H,2,4,8,11H2,1,3H3,(H,18,20). The second kappa shape index (κ2) is 6.57. The van der Waals surface area contributed by atoms with Crippen LogP contribution in [0.5, 0.6) is 0 Å². The van der Waals surface area contributed by atoms with Gasteiger partial charge in [0.2, 0.25) is 11.8 Å². The van der Waals surface area contributed by atoms with Gasteiger partial charge in [0.1, 0.15) is 12.1 Å². The fourth-order valence-corrected chi connectivity index (χ4v) is 2.69. The average molecular weight is 286 g/mol. The summed E-state index contributed by atoms with van der Waals surface area (Å²) < 4.78 is 0. The highest BCUT2D eigenvalue weighted by Crippen LogP contribution is 2.27. The summed E-state index contributed by atoms with van der Waals surface area (Å²) in [6.07, 6.45) is 1.52. The zero-order valence-electron chi connectivity index (χ0n) is 12.6. The van der Waals surface area contributed by atoms with Crippen LogP contribution in [0.3, 0.4) is 0 Å². The summed E-state index contributed by atoms with van der Waals surface area (Å²) in [6, 6.07) is 8.43. The van der Waals surface area contributed by atoms with E-state index in [-0.39, 0.29) is 11.8 Å². The van der Waals surface area contributed by atoms with Gasteiger partial charge in [0.05, 0.1) is 0 Å². The van der Waals surface area contributed by atoms with E-state index < -0.39 is 12.1 Å². The van der Waals surface area contributed by atoms with Gasteiger partial charge in [-0.25, -0.2) is 0 Å². The summed E-state index contributed by atoms with van der Waals surface area (Å²) in [5.41, 5.74) is 1.70. The Kier molecular flexibility index (Phi) is 4.78. The van der Waals surface area contributed by atoms with E-state index in [0.717, 1.165) is 17.6 Å². The number of rotatable bonds is 5. The van der Waals surface area contributed by atoms with E-state index in [1.807, 2.05) is 44.2 Å². The first-order chi connectivity index (χ1) is 10.0. The second-order valence-corrected chi connectivity index (χ2v) is 5.59. The van der Waals surface area contributed by atoms with Gasteiger partial charge in [-0.15, -0.1) is 0 Å². The molecule has 0 saturated carbocycles. The van der Waals surface area contributed by atoms with Crippen molar-refractivity contribution in [1.82, 2.24) is 10.2 Å². The third-order valence-corrected chi connectivity index (χ3v) is 3.59. The van der Waals surface area contributed by atoms with Crippen molar-refractivity contribution in [2.24, 2.45) is 0 Å². The number of piperazine rings is 1. The Morgan fingerprint density at radius 3 is 2.52 bits per heavy atom. The summed E-state index contributed by atoms with van der Waals surface area (Å²) in [7, 11) is 0. The number of carbonyl (C=O) groups excluding carboxylic acids is 2. The molecule has 21 heavy (non-hydrogen) atoms. The summed E-state index contributed by atoms with van der Waals surface area (Å²) in [5, 5.41) is 2.86. The minimum atomic E-state index is -0.566. The highest BCUT2D eigenvalue weighted by atomic mass is 16.2. The smallest absolute Gasteiger partial charge is 0.248 e. The van der Waals surface area contributed by atoms with E-state index >= 15 is 0 Å². The Labute approximate surface area is 125 Å². The summed E-state index contributed by atoms with van der Waals surface area (Å²) >= 11 is 0. The lowest BCUT2D eigenvalue weighted by Crippen LogP contribution is -2.59. The molecule has 1 fully saturated rings. The topological polar surface area (TPSA) is 49.4 Å². The van der Waals surface area contributed by atoms with Gasteiger partial charge < -0.3 is 10.2 Å². The maximum absolute atomic E-state index is 12.7. The van der Waals surface area contributed by atoms with Crippen molar-refractivity contribution >= 4 is 11.8 Å². The minimum Gasteiger partial charge on any atom is -0.342 e. The van der Waals surface area contributed by atoms with Gasteiger partial charge in [-0.05, 0) is 18.9 Å². The Hall–Kier alpha value is -2.10. The number of benzene rings is 1. The normalized spacial score (nSPS) is 22.1. The molecule has 1 N–H and O–H groups in total. The quantitative estimate of drug-likeness (QED) is 0.845. The van der Waals surface area contributed by atoms with Crippen molar-refractivity contribution in [3.8, 4) is 0 Å². The average Bonchev–Trinajstić information content (AvgIpc) is 2.45. The fourth-order valence-electron chi connectivity index (χ4n) is 2.69. The highest BCUT2D eigenvalue weighted by Gasteiger charge is 2.40. The van der Waals surface area contributed by atoms with Crippen LogP contribution >= 0.6 is 0 Å². The SMILES string of the molecule is C=C(C)CN1C(=O)C(CCC)NC(=O)C1c1ccccc1. The fraction of sp³-hybridized carbons (Fsp3) is 0.412. The van der Waals surface area contributed by atoms with Crippen molar-refractivity contribution < 1.29 is 9.59 Å². The summed E-state index contributed by atoms with van der Waals surface area (Å²) in [6.45, 7) is 8.17. The van der Waals surface area contributed by atoms with Crippen molar-refractivity contribution in [2.45, 2.75) is 38.8 Å². The van der Waals surface area contributed by atoms with Crippen LogP contribution in [0.25, 0.3) is 0 Å². The second-order valence-electron chi connectivity index (χ2n) is 5.59. The van der Waals surface area contributed by atoms with E-state index in [2.05, 4.69) is 11.9 Å². The molecular weight excluding hydrogens is 264 g/mol. The molecule has 2 unspecified atom stereocenters. The largest absolute Gasteiger partial charge is 0.342 e. The number of hydrogen-bond donors (Lipinski definition) is 1. The zero-order valence-corrected chi connectivity index (χ0v) is 12.6. The number of nitrogens with zero attached hydrogens (tertiary/aromatic N) is 1. The molecule has 0 spiro atoms. The number of carbonyl (C=O) groups is 2. The molecule has 1 aliphatic rings. The molecule has 0 aromatic heterocycles. The molecule has 4 nitrogen and oxygen atoms in total. The van der Waals surface area contributed by atoms with Gasteiger partial charge in [0.25, 0.3) is 0 Å². The molecule has 1 aliphatic heterocycles. The van der Waals surface area contributed by atoms with Gasteiger partial charge in [-0.1, -0.05) is 55.8 Å². The lowest BCUT2D eigenvalue weighted by Gasteiger charge is -2.39. The minimum absolute atomic E-state index is 0.0201. The maximum Gasteiger partial charge on any atom is 0.248 e. The van der Waals surface area contributed by atoms with E-state index in [1.54, 1.807) is 4.90 Å². The Bertz CT molecular complexity index is 539. The summed E-state index contributed by atoms with van der Waals surface area (Å²) in [5.74, 6) is -0.131. The number of nitrogens with one attached hydrogen (secondary N) is 1. The van der Waals surface area contributed by atoms with Gasteiger partial charge in [-0.3, -0.25) is 9.59 Å². The van der Waals surface area contributed by atoms with Gasteiger partial charge >= 0.3 is 0 Å². The van der Waals surface area contributed by atoms with Gasteiger partial charge in [0.15, 0.2) is 0 Å². The molecule has 4 heteroatoms. The molecule has 0 bridgehead atoms. The van der Waals surface area contributed by atoms with E-state index in [0.29, 0.717) is 13.0 Å². The van der Waals surface area contributed by atoms with E-state index in [4.69, 9.17) is 0 Å². The molecule has 2 rings (SSSR count). The van der Waals surface area contributed by atoms with Crippen LogP contribution in [0, 0.1) is 0 Å². The molecule has 1 heterocycles. The first kappa shape index (κ1) is 15.3. The predicted octanol–water partition coefficient (Wildman–Crippen LogP) is 2.43. The molecule has 1 saturated heterocycles. The van der Waals surface area contributed by atoms with Crippen LogP contribution in [-0.4, -0.2) is 29.3 Å². The molecule has 112 valence electrons. The van der Waals surface area contributed by atoms with Crippen LogP contribution < -0.4 is 5.32 Å². The Morgan fingerprint density at radius 2 is 1.95 bits per heavy atom. The molecule has 1 aromatic carbocycles. The lowest BCUT2D eigenvalue weighted by atomic mass is 9.97. The number of hydrogen-bond acceptors (Lipinski definition) is 2. The van der Waals surface area contributed by atoms with Crippen molar-refractivity contribution in [2.75, 3.05) is 6.54 Å². The highest BCUT2D eigenvalue weighted by molar-refractivity contribution is 5.97. The van der Waals surface area contributed by atoms with Crippen LogP contribution in [0.1, 0.15) is 38.3 Å². The number of amides is 2. The Balaban J connectivity index is 2.35. The van der Waals surface area contributed by atoms with Crippen LogP contribution in [-0.2, 0) is 9.59 Å². The lowest BCUT2D eigenvalue weighted by molar-refractivity contribution is -0.149. The first-order valence-electron chi connectivity index (χ1n) is 7.34. The van der Waals surface area contributed by atoms with Crippen molar-refractivity contribution in [3.05, 3.63) is 48.0 Å². The van der Waals surface area contributed by atoms with Crippen molar-refractivity contribution in [1.29, 1.82) is 0 Å². The molecule has 0 radical (unpaired) electrons. The molecule has 0 aliphatic carbocycles. The van der Waals surface area contributed by atoms with Crippen LogP contribution in [0.4, 0.5) is 0 Å².